The second-order valence-corrected chi connectivity index (χ2v) is 5.82. The van der Waals surface area contributed by atoms with E-state index in [9.17, 15) is 22.8 Å². The number of benzene rings is 3. The number of nitrogens with one attached hydrogen (secondary N) is 1. The molecule has 3 aromatic carbocycles. The first kappa shape index (κ1) is 19.2. The topological polar surface area (TPSA) is 55.4 Å². The van der Waals surface area contributed by atoms with E-state index in [-0.39, 0.29) is 5.69 Å². The highest BCUT2D eigenvalue weighted by molar-refractivity contribution is 5.98. The molecule has 0 fully saturated rings. The van der Waals surface area contributed by atoms with Crippen LogP contribution in [0.5, 0.6) is 0 Å². The Bertz CT molecular complexity index is 992. The van der Waals surface area contributed by atoms with Crippen LogP contribution >= 0.6 is 0 Å². The maximum absolute atomic E-state index is 13.9. The van der Waals surface area contributed by atoms with Crippen molar-refractivity contribution in [3.05, 3.63) is 101 Å². The quantitative estimate of drug-likeness (QED) is 0.651. The molecule has 1 N–H and O–H groups in total. The molecule has 142 valence electrons. The van der Waals surface area contributed by atoms with Crippen LogP contribution < -0.4 is 5.32 Å². The van der Waals surface area contributed by atoms with Crippen molar-refractivity contribution < 1.29 is 27.5 Å². The fourth-order valence-electron chi connectivity index (χ4n) is 2.47. The summed E-state index contributed by atoms with van der Waals surface area (Å²) in [5.41, 5.74) is 0.131. The van der Waals surface area contributed by atoms with Gasteiger partial charge >= 0.3 is 5.97 Å². The molecule has 0 unspecified atom stereocenters. The average Bonchev–Trinajstić information content (AvgIpc) is 2.68. The normalized spacial score (nSPS) is 11.5. The highest BCUT2D eigenvalue weighted by atomic mass is 19.1. The van der Waals surface area contributed by atoms with E-state index in [0.29, 0.717) is 11.6 Å². The number of halogens is 3. The number of hydrogen-bond donors (Lipinski definition) is 1. The van der Waals surface area contributed by atoms with Gasteiger partial charge in [-0.05, 0) is 36.4 Å². The monoisotopic (exact) mass is 385 g/mol. The Labute approximate surface area is 158 Å². The Kier molecular flexibility index (Phi) is 5.74. The zero-order valence-electron chi connectivity index (χ0n) is 14.4. The lowest BCUT2D eigenvalue weighted by molar-refractivity contribution is -0.125. The zero-order valence-corrected chi connectivity index (χ0v) is 14.4. The highest BCUT2D eigenvalue weighted by Crippen LogP contribution is 2.23. The van der Waals surface area contributed by atoms with E-state index in [4.69, 9.17) is 4.74 Å². The summed E-state index contributed by atoms with van der Waals surface area (Å²) in [5, 5.41) is 2.51. The van der Waals surface area contributed by atoms with E-state index in [1.54, 1.807) is 30.3 Å². The third-order valence-corrected chi connectivity index (χ3v) is 3.83. The maximum atomic E-state index is 13.9. The van der Waals surface area contributed by atoms with Gasteiger partial charge in [-0.3, -0.25) is 4.79 Å². The van der Waals surface area contributed by atoms with Crippen LogP contribution in [-0.2, 0) is 9.53 Å². The van der Waals surface area contributed by atoms with Crippen LogP contribution in [0.2, 0.25) is 0 Å². The van der Waals surface area contributed by atoms with Crippen LogP contribution in [0.4, 0.5) is 18.9 Å². The molecule has 4 nitrogen and oxygen atoms in total. The molecule has 0 aliphatic carbocycles. The van der Waals surface area contributed by atoms with Crippen LogP contribution in [-0.4, -0.2) is 11.9 Å². The minimum Gasteiger partial charge on any atom is -0.444 e. The van der Waals surface area contributed by atoms with Crippen molar-refractivity contribution in [3.8, 4) is 0 Å². The molecule has 28 heavy (non-hydrogen) atoms. The van der Waals surface area contributed by atoms with Crippen molar-refractivity contribution in [2.24, 2.45) is 0 Å². The number of esters is 1. The Morgan fingerprint density at radius 2 is 1.46 bits per heavy atom. The van der Waals surface area contributed by atoms with Crippen LogP contribution in [0, 0.1) is 17.5 Å². The molecule has 0 spiro atoms. The molecule has 0 aliphatic rings. The second-order valence-electron chi connectivity index (χ2n) is 5.82. The molecule has 3 aromatic rings. The van der Waals surface area contributed by atoms with Gasteiger partial charge in [0.05, 0.1) is 5.56 Å². The van der Waals surface area contributed by atoms with Crippen molar-refractivity contribution in [3.63, 3.8) is 0 Å². The number of amides is 1. The summed E-state index contributed by atoms with van der Waals surface area (Å²) in [4.78, 5) is 25.0. The zero-order chi connectivity index (χ0) is 20.1. The molecule has 1 amide bonds. The first-order valence-corrected chi connectivity index (χ1v) is 8.21. The van der Waals surface area contributed by atoms with E-state index < -0.39 is 41.0 Å². The first-order chi connectivity index (χ1) is 13.4. The second kappa shape index (κ2) is 8.39. The summed E-state index contributed by atoms with van der Waals surface area (Å²) in [7, 11) is 0. The van der Waals surface area contributed by atoms with Crippen LogP contribution in [0.1, 0.15) is 22.0 Å². The number of carbonyl (C=O) groups excluding carboxylic acids is 2. The van der Waals surface area contributed by atoms with Gasteiger partial charge in [0.25, 0.3) is 5.91 Å². The summed E-state index contributed by atoms with van der Waals surface area (Å²) in [6, 6.07) is 15.5. The molecule has 0 saturated heterocycles. The number of carbonyl (C=O) groups is 2. The summed E-state index contributed by atoms with van der Waals surface area (Å²) in [5.74, 6) is -4.26. The van der Waals surface area contributed by atoms with Crippen LogP contribution in [0.25, 0.3) is 0 Å². The number of anilines is 1. The summed E-state index contributed by atoms with van der Waals surface area (Å²) in [6.45, 7) is 0. The smallest absolute Gasteiger partial charge is 0.342 e. The van der Waals surface area contributed by atoms with Gasteiger partial charge in [-0.15, -0.1) is 0 Å². The van der Waals surface area contributed by atoms with E-state index in [1.807, 2.05) is 0 Å². The van der Waals surface area contributed by atoms with Gasteiger partial charge in [0, 0.05) is 17.3 Å². The lowest BCUT2D eigenvalue weighted by Gasteiger charge is -2.18. The van der Waals surface area contributed by atoms with Crippen LogP contribution in [0.3, 0.4) is 0 Å². The number of ether oxygens (including phenoxy) is 1. The molecular weight excluding hydrogens is 371 g/mol. The fourth-order valence-corrected chi connectivity index (χ4v) is 2.47. The number of hydrogen-bond acceptors (Lipinski definition) is 3. The Morgan fingerprint density at radius 3 is 2.11 bits per heavy atom. The lowest BCUT2D eigenvalue weighted by atomic mass is 10.1. The lowest BCUT2D eigenvalue weighted by Crippen LogP contribution is -2.26. The van der Waals surface area contributed by atoms with Crippen molar-refractivity contribution in [2.45, 2.75) is 6.10 Å². The summed E-state index contributed by atoms with van der Waals surface area (Å²) < 4.78 is 45.2. The number of rotatable bonds is 5. The van der Waals surface area contributed by atoms with Crippen molar-refractivity contribution in [2.75, 3.05) is 5.32 Å². The van der Waals surface area contributed by atoms with Crippen molar-refractivity contribution in [1.82, 2.24) is 0 Å². The van der Waals surface area contributed by atoms with Gasteiger partial charge in [0.15, 0.2) is 0 Å². The van der Waals surface area contributed by atoms with E-state index in [2.05, 4.69) is 5.32 Å². The molecule has 0 radical (unpaired) electrons. The Morgan fingerprint density at radius 1 is 0.821 bits per heavy atom. The van der Waals surface area contributed by atoms with Crippen molar-refractivity contribution >= 4 is 17.6 Å². The average molecular weight is 385 g/mol. The predicted octanol–water partition coefficient (Wildman–Crippen LogP) is 4.64. The Balaban J connectivity index is 1.85. The van der Waals surface area contributed by atoms with Gasteiger partial charge < -0.3 is 10.1 Å². The van der Waals surface area contributed by atoms with E-state index in [0.717, 1.165) is 24.3 Å². The SMILES string of the molecule is O=C(O[C@H](C(=O)Nc1ccc(F)cc1)c1ccccc1)c1ccc(F)cc1F. The van der Waals surface area contributed by atoms with Gasteiger partial charge in [0.2, 0.25) is 6.10 Å². The third-order valence-electron chi connectivity index (χ3n) is 3.83. The minimum atomic E-state index is -1.40. The van der Waals surface area contributed by atoms with Crippen molar-refractivity contribution in [1.29, 1.82) is 0 Å². The highest BCUT2D eigenvalue weighted by Gasteiger charge is 2.27. The third kappa shape index (κ3) is 4.56. The summed E-state index contributed by atoms with van der Waals surface area (Å²) in [6.07, 6.45) is -1.40. The molecular formula is C21H14F3NO3. The van der Waals surface area contributed by atoms with Crippen LogP contribution in [0.15, 0.2) is 72.8 Å². The molecule has 7 heteroatoms. The standard InChI is InChI=1S/C21H14F3NO3/c22-14-6-9-16(10-7-14)25-20(26)19(13-4-2-1-3-5-13)28-21(27)17-11-8-15(23)12-18(17)24/h1-12,19H,(H,25,26)/t19-/m0/s1. The maximum Gasteiger partial charge on any atom is 0.342 e. The molecule has 0 aliphatic heterocycles. The largest absolute Gasteiger partial charge is 0.444 e. The molecule has 0 aromatic heterocycles. The molecule has 0 bridgehead atoms. The fraction of sp³-hybridized carbons (Fsp3) is 0.0476. The van der Waals surface area contributed by atoms with Gasteiger partial charge in [0.1, 0.15) is 17.5 Å². The van der Waals surface area contributed by atoms with Gasteiger partial charge in [-0.1, -0.05) is 30.3 Å². The predicted molar refractivity (Wildman–Crippen MR) is 96.0 cm³/mol. The first-order valence-electron chi connectivity index (χ1n) is 8.21. The Hall–Kier alpha value is -3.61. The van der Waals surface area contributed by atoms with Gasteiger partial charge in [-0.25, -0.2) is 18.0 Å². The summed E-state index contributed by atoms with van der Waals surface area (Å²) >= 11 is 0. The molecule has 0 saturated carbocycles. The minimum absolute atomic E-state index is 0.288. The van der Waals surface area contributed by atoms with E-state index in [1.165, 1.54) is 12.1 Å². The van der Waals surface area contributed by atoms with E-state index >= 15 is 0 Å². The molecule has 1 atom stereocenters. The molecule has 0 heterocycles. The molecule has 3 rings (SSSR count). The van der Waals surface area contributed by atoms with Gasteiger partial charge in [-0.2, -0.15) is 0 Å².